The van der Waals surface area contributed by atoms with Gasteiger partial charge >= 0.3 is 12.0 Å². The van der Waals surface area contributed by atoms with Crippen molar-refractivity contribution >= 4 is 17.9 Å². The number of urea groups is 1. The molecule has 1 aliphatic heterocycles. The van der Waals surface area contributed by atoms with Crippen molar-refractivity contribution in [2.45, 2.75) is 18.9 Å². The van der Waals surface area contributed by atoms with Crippen LogP contribution >= 0.6 is 0 Å². The minimum atomic E-state index is -0.951. The van der Waals surface area contributed by atoms with E-state index in [0.29, 0.717) is 0 Å². The molecule has 0 spiro atoms. The Morgan fingerprint density at radius 3 is 2.53 bits per heavy atom. The van der Waals surface area contributed by atoms with Crippen molar-refractivity contribution in [3.63, 3.8) is 0 Å². The molecule has 1 atom stereocenters. The van der Waals surface area contributed by atoms with Gasteiger partial charge in [0.25, 0.3) is 5.91 Å². The van der Waals surface area contributed by atoms with Gasteiger partial charge in [0, 0.05) is 6.42 Å². The van der Waals surface area contributed by atoms with Crippen LogP contribution in [0.2, 0.25) is 0 Å². The number of carbonyl (C=O) groups is 3. The number of carboxylic acids is 1. The van der Waals surface area contributed by atoms with Crippen LogP contribution in [0.1, 0.15) is 24.4 Å². The van der Waals surface area contributed by atoms with Crippen LogP contribution in [-0.2, 0) is 9.59 Å². The SMILES string of the molecule is O=C(O)CCC(c1ccccc1)N1C(=O)CNC1=O. The average molecular weight is 262 g/mol. The maximum atomic E-state index is 11.7. The molecule has 1 unspecified atom stereocenters. The molecule has 100 valence electrons. The van der Waals surface area contributed by atoms with Gasteiger partial charge in [-0.1, -0.05) is 30.3 Å². The van der Waals surface area contributed by atoms with E-state index >= 15 is 0 Å². The zero-order valence-electron chi connectivity index (χ0n) is 10.2. The van der Waals surface area contributed by atoms with Gasteiger partial charge in [0.05, 0.1) is 12.6 Å². The predicted octanol–water partition coefficient (Wildman–Crippen LogP) is 1.14. The summed E-state index contributed by atoms with van der Waals surface area (Å²) < 4.78 is 0. The highest BCUT2D eigenvalue weighted by atomic mass is 16.4. The highest BCUT2D eigenvalue weighted by molar-refractivity contribution is 6.02. The molecule has 1 saturated heterocycles. The lowest BCUT2D eigenvalue weighted by Gasteiger charge is -2.25. The van der Waals surface area contributed by atoms with Gasteiger partial charge in [-0.2, -0.15) is 0 Å². The Kier molecular flexibility index (Phi) is 3.79. The first-order valence-corrected chi connectivity index (χ1v) is 5.96. The number of rotatable bonds is 5. The number of aliphatic carboxylic acids is 1. The molecular formula is C13H14N2O4. The third-order valence-corrected chi connectivity index (χ3v) is 3.01. The van der Waals surface area contributed by atoms with Crippen LogP contribution in [0.4, 0.5) is 4.79 Å². The van der Waals surface area contributed by atoms with Gasteiger partial charge in [-0.05, 0) is 12.0 Å². The minimum Gasteiger partial charge on any atom is -0.481 e. The van der Waals surface area contributed by atoms with Crippen molar-refractivity contribution in [1.82, 2.24) is 10.2 Å². The molecule has 1 aromatic carbocycles. The Labute approximate surface area is 110 Å². The maximum absolute atomic E-state index is 11.7. The lowest BCUT2D eigenvalue weighted by Crippen LogP contribution is -2.35. The van der Waals surface area contributed by atoms with E-state index in [2.05, 4.69) is 5.32 Å². The third kappa shape index (κ3) is 2.90. The largest absolute Gasteiger partial charge is 0.481 e. The number of imide groups is 1. The fourth-order valence-electron chi connectivity index (χ4n) is 2.13. The molecule has 3 amide bonds. The Balaban J connectivity index is 2.26. The van der Waals surface area contributed by atoms with E-state index in [1.807, 2.05) is 6.07 Å². The summed E-state index contributed by atoms with van der Waals surface area (Å²) in [7, 11) is 0. The van der Waals surface area contributed by atoms with Crippen LogP contribution in [-0.4, -0.2) is 34.5 Å². The van der Waals surface area contributed by atoms with Crippen LogP contribution in [0, 0.1) is 0 Å². The van der Waals surface area contributed by atoms with Gasteiger partial charge in [0.1, 0.15) is 0 Å². The molecule has 1 fully saturated rings. The van der Waals surface area contributed by atoms with Crippen LogP contribution in [0.25, 0.3) is 0 Å². The van der Waals surface area contributed by atoms with Gasteiger partial charge in [0.15, 0.2) is 0 Å². The Morgan fingerprint density at radius 2 is 2.00 bits per heavy atom. The lowest BCUT2D eigenvalue weighted by atomic mass is 10.0. The first-order valence-electron chi connectivity index (χ1n) is 5.96. The summed E-state index contributed by atoms with van der Waals surface area (Å²) in [4.78, 5) is 35.2. The molecule has 0 radical (unpaired) electrons. The van der Waals surface area contributed by atoms with E-state index in [4.69, 9.17) is 5.11 Å². The van der Waals surface area contributed by atoms with E-state index in [0.717, 1.165) is 10.5 Å². The van der Waals surface area contributed by atoms with Crippen LogP contribution in [0.5, 0.6) is 0 Å². The summed E-state index contributed by atoms with van der Waals surface area (Å²) in [5.74, 6) is -1.28. The van der Waals surface area contributed by atoms with Crippen LogP contribution in [0.15, 0.2) is 30.3 Å². The van der Waals surface area contributed by atoms with Gasteiger partial charge in [-0.3, -0.25) is 14.5 Å². The smallest absolute Gasteiger partial charge is 0.325 e. The Hall–Kier alpha value is -2.37. The van der Waals surface area contributed by atoms with Crippen LogP contribution < -0.4 is 5.32 Å². The zero-order chi connectivity index (χ0) is 13.8. The second kappa shape index (κ2) is 5.51. The number of hydrogen-bond donors (Lipinski definition) is 2. The Bertz CT molecular complexity index is 485. The minimum absolute atomic E-state index is 0.0325. The molecule has 0 aliphatic carbocycles. The molecule has 0 aromatic heterocycles. The summed E-state index contributed by atoms with van der Waals surface area (Å²) >= 11 is 0. The number of carboxylic acid groups (broad SMARTS) is 1. The maximum Gasteiger partial charge on any atom is 0.325 e. The molecule has 2 rings (SSSR count). The molecule has 1 aromatic rings. The third-order valence-electron chi connectivity index (χ3n) is 3.01. The fourth-order valence-corrected chi connectivity index (χ4v) is 2.13. The topological polar surface area (TPSA) is 86.7 Å². The number of hydrogen-bond acceptors (Lipinski definition) is 3. The summed E-state index contributed by atoms with van der Waals surface area (Å²) in [6, 6.07) is 7.97. The van der Waals surface area contributed by atoms with Crippen molar-refractivity contribution in [3.8, 4) is 0 Å². The molecule has 0 saturated carbocycles. The normalized spacial score (nSPS) is 16.3. The number of benzene rings is 1. The molecule has 6 nitrogen and oxygen atoms in total. The number of amides is 3. The van der Waals surface area contributed by atoms with Crippen molar-refractivity contribution in [2.75, 3.05) is 6.54 Å². The molecule has 6 heteroatoms. The number of carbonyl (C=O) groups excluding carboxylic acids is 2. The summed E-state index contributed by atoms with van der Waals surface area (Å²) in [6.45, 7) is -0.0325. The summed E-state index contributed by atoms with van der Waals surface area (Å²) in [6.07, 6.45) is 0.106. The summed E-state index contributed by atoms with van der Waals surface area (Å²) in [5.41, 5.74) is 0.758. The first-order chi connectivity index (χ1) is 9.09. The van der Waals surface area contributed by atoms with Crippen molar-refractivity contribution < 1.29 is 19.5 Å². The fraction of sp³-hybridized carbons (Fsp3) is 0.308. The van der Waals surface area contributed by atoms with Gasteiger partial charge in [0.2, 0.25) is 0 Å². The van der Waals surface area contributed by atoms with Crippen molar-refractivity contribution in [1.29, 1.82) is 0 Å². The number of nitrogens with zero attached hydrogens (tertiary/aromatic N) is 1. The van der Waals surface area contributed by atoms with Crippen molar-refractivity contribution in [2.24, 2.45) is 0 Å². The molecule has 1 aliphatic rings. The average Bonchev–Trinajstić information content (AvgIpc) is 2.72. The highest BCUT2D eigenvalue weighted by Crippen LogP contribution is 2.27. The quantitative estimate of drug-likeness (QED) is 0.779. The molecule has 19 heavy (non-hydrogen) atoms. The van der Waals surface area contributed by atoms with E-state index < -0.39 is 18.0 Å². The second-order valence-electron chi connectivity index (χ2n) is 4.28. The van der Waals surface area contributed by atoms with E-state index in [1.54, 1.807) is 24.3 Å². The highest BCUT2D eigenvalue weighted by Gasteiger charge is 2.35. The Morgan fingerprint density at radius 1 is 1.32 bits per heavy atom. The van der Waals surface area contributed by atoms with Crippen LogP contribution in [0.3, 0.4) is 0 Å². The van der Waals surface area contributed by atoms with Gasteiger partial charge < -0.3 is 10.4 Å². The molecule has 2 N–H and O–H groups in total. The molecular weight excluding hydrogens is 248 g/mol. The van der Waals surface area contributed by atoms with E-state index in [-0.39, 0.29) is 25.3 Å². The van der Waals surface area contributed by atoms with Gasteiger partial charge in [-0.15, -0.1) is 0 Å². The van der Waals surface area contributed by atoms with Crippen molar-refractivity contribution in [3.05, 3.63) is 35.9 Å². The monoisotopic (exact) mass is 262 g/mol. The van der Waals surface area contributed by atoms with Gasteiger partial charge in [-0.25, -0.2) is 4.79 Å². The summed E-state index contributed by atoms with van der Waals surface area (Å²) in [5, 5.41) is 11.2. The van der Waals surface area contributed by atoms with E-state index in [9.17, 15) is 14.4 Å². The predicted molar refractivity (Wildman–Crippen MR) is 66.3 cm³/mol. The second-order valence-corrected chi connectivity index (χ2v) is 4.28. The molecule has 1 heterocycles. The number of nitrogens with one attached hydrogen (secondary N) is 1. The van der Waals surface area contributed by atoms with E-state index in [1.165, 1.54) is 0 Å². The standard InChI is InChI=1S/C13H14N2O4/c16-11-8-14-13(19)15(11)10(6-7-12(17)18)9-4-2-1-3-5-9/h1-5,10H,6-8H2,(H,14,19)(H,17,18). The lowest BCUT2D eigenvalue weighted by molar-refractivity contribution is -0.138. The zero-order valence-corrected chi connectivity index (χ0v) is 10.2. The molecule has 0 bridgehead atoms. The first kappa shape index (κ1) is 13.1.